The molecule has 1 aliphatic heterocycles. The maximum atomic E-state index is 11.5. The number of phenols is 1. The highest BCUT2D eigenvalue weighted by Crippen LogP contribution is 2.39. The quantitative estimate of drug-likeness (QED) is 0.263. The van der Waals surface area contributed by atoms with Crippen LogP contribution in [0, 0.1) is 0 Å². The molecule has 1 amide bonds. The van der Waals surface area contributed by atoms with Crippen LogP contribution >= 0.6 is 0 Å². The van der Waals surface area contributed by atoms with E-state index in [1.54, 1.807) is 6.07 Å². The zero-order valence-electron chi connectivity index (χ0n) is 18.4. The number of amides is 1. The van der Waals surface area contributed by atoms with Crippen LogP contribution in [0.4, 0.5) is 5.69 Å². The van der Waals surface area contributed by atoms with Gasteiger partial charge < -0.3 is 25.0 Å². The van der Waals surface area contributed by atoms with E-state index in [1.807, 2.05) is 38.1 Å². The lowest BCUT2D eigenvalue weighted by Crippen LogP contribution is -2.48. The van der Waals surface area contributed by atoms with Crippen LogP contribution < -0.4 is 20.1 Å². The van der Waals surface area contributed by atoms with Gasteiger partial charge in [0.15, 0.2) is 12.4 Å². The SMILES string of the molecule is CCCCOc1ccc(CC(C)(C)NC(O)Cc2ccc(O)c3c2OCC(=O)N3)cc1. The first-order valence-electron chi connectivity index (χ1n) is 10.7. The molecule has 1 atom stereocenters. The number of hydrogen-bond acceptors (Lipinski definition) is 6. The van der Waals surface area contributed by atoms with Crippen LogP contribution in [-0.2, 0) is 17.6 Å². The molecule has 0 fully saturated rings. The number of fused-ring (bicyclic) bond motifs is 1. The van der Waals surface area contributed by atoms with Crippen molar-refractivity contribution < 1.29 is 24.5 Å². The molecular weight excluding hydrogens is 396 g/mol. The molecule has 7 nitrogen and oxygen atoms in total. The number of carbonyl (C=O) groups is 1. The van der Waals surface area contributed by atoms with Gasteiger partial charge in [-0.15, -0.1) is 0 Å². The monoisotopic (exact) mass is 428 g/mol. The van der Waals surface area contributed by atoms with Crippen molar-refractivity contribution in [1.29, 1.82) is 0 Å². The lowest BCUT2D eigenvalue weighted by Gasteiger charge is -2.30. The van der Waals surface area contributed by atoms with Crippen LogP contribution in [0.3, 0.4) is 0 Å². The number of hydrogen-bond donors (Lipinski definition) is 4. The number of phenolic OH excluding ortho intramolecular Hbond substituents is 1. The van der Waals surface area contributed by atoms with Crippen molar-refractivity contribution in [2.75, 3.05) is 18.5 Å². The third-order valence-electron chi connectivity index (χ3n) is 5.14. The predicted octanol–water partition coefficient (Wildman–Crippen LogP) is 3.37. The first-order chi connectivity index (χ1) is 14.8. The molecule has 3 rings (SSSR count). The van der Waals surface area contributed by atoms with Crippen LogP contribution in [0.1, 0.15) is 44.7 Å². The number of nitrogens with one attached hydrogen (secondary N) is 2. The van der Waals surface area contributed by atoms with Gasteiger partial charge in [-0.1, -0.05) is 31.5 Å². The largest absolute Gasteiger partial charge is 0.506 e. The number of aliphatic hydroxyl groups excluding tert-OH is 1. The van der Waals surface area contributed by atoms with E-state index < -0.39 is 6.23 Å². The van der Waals surface area contributed by atoms with Crippen molar-refractivity contribution in [2.24, 2.45) is 0 Å². The minimum absolute atomic E-state index is 0.0586. The van der Waals surface area contributed by atoms with Gasteiger partial charge in [-0.2, -0.15) is 0 Å². The fourth-order valence-corrected chi connectivity index (χ4v) is 3.68. The first kappa shape index (κ1) is 22.9. The Morgan fingerprint density at radius 2 is 1.97 bits per heavy atom. The molecule has 168 valence electrons. The third kappa shape index (κ3) is 6.35. The third-order valence-corrected chi connectivity index (χ3v) is 5.14. The van der Waals surface area contributed by atoms with Crippen molar-refractivity contribution in [2.45, 2.75) is 58.2 Å². The number of benzene rings is 2. The van der Waals surface area contributed by atoms with Crippen LogP contribution in [-0.4, -0.2) is 41.1 Å². The fraction of sp³-hybridized carbons (Fsp3) is 0.458. The summed E-state index contributed by atoms with van der Waals surface area (Å²) in [6, 6.07) is 11.2. The van der Waals surface area contributed by atoms with Gasteiger partial charge in [-0.3, -0.25) is 10.1 Å². The van der Waals surface area contributed by atoms with Gasteiger partial charge >= 0.3 is 0 Å². The molecule has 31 heavy (non-hydrogen) atoms. The Kier molecular flexibility index (Phi) is 7.41. The Bertz CT molecular complexity index is 896. The maximum absolute atomic E-state index is 11.5. The molecule has 0 aromatic heterocycles. The van der Waals surface area contributed by atoms with E-state index in [0.717, 1.165) is 37.2 Å². The summed E-state index contributed by atoms with van der Waals surface area (Å²) in [6.45, 7) is 6.81. The maximum Gasteiger partial charge on any atom is 0.262 e. The second-order valence-electron chi connectivity index (χ2n) is 8.56. The van der Waals surface area contributed by atoms with E-state index in [2.05, 4.69) is 17.6 Å². The summed E-state index contributed by atoms with van der Waals surface area (Å²) >= 11 is 0. The number of ether oxygens (including phenoxy) is 2. The summed E-state index contributed by atoms with van der Waals surface area (Å²) in [7, 11) is 0. The molecule has 0 spiro atoms. The first-order valence-corrected chi connectivity index (χ1v) is 10.7. The van der Waals surface area contributed by atoms with Crippen molar-refractivity contribution in [3.05, 3.63) is 47.5 Å². The molecule has 7 heteroatoms. The van der Waals surface area contributed by atoms with Crippen LogP contribution in [0.15, 0.2) is 36.4 Å². The number of rotatable bonds is 10. The van der Waals surface area contributed by atoms with Crippen LogP contribution in [0.2, 0.25) is 0 Å². The second kappa shape index (κ2) is 10.0. The molecule has 2 aromatic carbocycles. The molecule has 4 N–H and O–H groups in total. The molecule has 1 aliphatic rings. The van der Waals surface area contributed by atoms with Gasteiger partial charge in [-0.05, 0) is 50.5 Å². The molecule has 0 saturated heterocycles. The summed E-state index contributed by atoms with van der Waals surface area (Å²) in [5.74, 6) is 0.891. The second-order valence-corrected chi connectivity index (χ2v) is 8.56. The Balaban J connectivity index is 1.59. The predicted molar refractivity (Wildman–Crippen MR) is 120 cm³/mol. The van der Waals surface area contributed by atoms with Crippen molar-refractivity contribution in [1.82, 2.24) is 5.32 Å². The summed E-state index contributed by atoms with van der Waals surface area (Å²) in [4.78, 5) is 11.5. The zero-order valence-corrected chi connectivity index (χ0v) is 18.4. The van der Waals surface area contributed by atoms with E-state index in [1.165, 1.54) is 6.07 Å². The van der Waals surface area contributed by atoms with Gasteiger partial charge in [-0.25, -0.2) is 0 Å². The summed E-state index contributed by atoms with van der Waals surface area (Å²) < 4.78 is 11.2. The molecule has 1 heterocycles. The standard InChI is InChI=1S/C24H32N2O5/c1-4-5-12-30-18-9-6-16(7-10-18)14-24(2,3)26-20(28)13-17-8-11-19(27)22-23(17)31-15-21(29)25-22/h6-11,20,26-28H,4-5,12-15H2,1-3H3,(H,25,29). The van der Waals surface area contributed by atoms with E-state index in [4.69, 9.17) is 9.47 Å². The Morgan fingerprint density at radius 1 is 1.23 bits per heavy atom. The van der Waals surface area contributed by atoms with Gasteiger partial charge in [0.05, 0.1) is 6.61 Å². The van der Waals surface area contributed by atoms with Crippen LogP contribution in [0.25, 0.3) is 0 Å². The lowest BCUT2D eigenvalue weighted by atomic mass is 9.94. The van der Waals surface area contributed by atoms with E-state index >= 15 is 0 Å². The fourth-order valence-electron chi connectivity index (χ4n) is 3.68. The topological polar surface area (TPSA) is 100 Å². The molecule has 0 saturated carbocycles. The van der Waals surface area contributed by atoms with Crippen LogP contribution in [0.5, 0.6) is 17.2 Å². The highest BCUT2D eigenvalue weighted by atomic mass is 16.5. The Hall–Kier alpha value is -2.77. The molecule has 0 aliphatic carbocycles. The van der Waals surface area contributed by atoms with E-state index in [9.17, 15) is 15.0 Å². The molecular formula is C24H32N2O5. The summed E-state index contributed by atoms with van der Waals surface area (Å²) in [5.41, 5.74) is 1.73. The Morgan fingerprint density at radius 3 is 2.68 bits per heavy atom. The minimum atomic E-state index is -0.832. The van der Waals surface area contributed by atoms with Crippen molar-refractivity contribution >= 4 is 11.6 Å². The number of aliphatic hydroxyl groups is 1. The van der Waals surface area contributed by atoms with Crippen molar-refractivity contribution in [3.63, 3.8) is 0 Å². The minimum Gasteiger partial charge on any atom is -0.506 e. The Labute approximate surface area is 183 Å². The number of anilines is 1. The molecule has 0 bridgehead atoms. The normalized spacial score (nSPS) is 14.4. The number of carbonyl (C=O) groups excluding carboxylic acids is 1. The zero-order chi connectivity index (χ0) is 22.4. The number of unbranched alkanes of at least 4 members (excludes halogenated alkanes) is 1. The van der Waals surface area contributed by atoms with Crippen molar-refractivity contribution in [3.8, 4) is 17.2 Å². The molecule has 0 radical (unpaired) electrons. The highest BCUT2D eigenvalue weighted by Gasteiger charge is 2.26. The average molecular weight is 429 g/mol. The molecule has 2 aromatic rings. The summed E-state index contributed by atoms with van der Waals surface area (Å²) in [5, 5.41) is 26.5. The average Bonchev–Trinajstić information content (AvgIpc) is 2.71. The van der Waals surface area contributed by atoms with E-state index in [0.29, 0.717) is 11.3 Å². The molecule has 1 unspecified atom stereocenters. The summed E-state index contributed by atoms with van der Waals surface area (Å²) in [6.07, 6.45) is 2.30. The smallest absolute Gasteiger partial charge is 0.262 e. The van der Waals surface area contributed by atoms with Gasteiger partial charge in [0.1, 0.15) is 23.4 Å². The van der Waals surface area contributed by atoms with Gasteiger partial charge in [0.25, 0.3) is 5.91 Å². The van der Waals surface area contributed by atoms with Gasteiger partial charge in [0.2, 0.25) is 0 Å². The lowest BCUT2D eigenvalue weighted by molar-refractivity contribution is -0.118. The number of aromatic hydroxyl groups is 1. The highest BCUT2D eigenvalue weighted by molar-refractivity contribution is 5.97. The van der Waals surface area contributed by atoms with E-state index in [-0.39, 0.29) is 35.9 Å². The van der Waals surface area contributed by atoms with Gasteiger partial charge in [0, 0.05) is 17.5 Å².